The predicted octanol–water partition coefficient (Wildman–Crippen LogP) is 4.25. The number of carboxylic acid groups (broad SMARTS) is 1. The number of hydrogen-bond donors (Lipinski definition) is 2. The number of methoxy groups -OCH3 is 1. The second-order valence-corrected chi connectivity index (χ2v) is 7.93. The Bertz CT molecular complexity index is 851. The van der Waals surface area contributed by atoms with Crippen molar-refractivity contribution in [1.29, 1.82) is 0 Å². The van der Waals surface area contributed by atoms with E-state index in [4.69, 9.17) is 42.5 Å². The summed E-state index contributed by atoms with van der Waals surface area (Å²) < 4.78 is 16.8. The molecular formula is C19H19Cl2NO5S. The molecule has 0 bridgehead atoms. The Morgan fingerprint density at radius 2 is 1.89 bits per heavy atom. The second-order valence-electron chi connectivity index (χ2n) is 5.95. The smallest absolute Gasteiger partial charge is 0.321 e. The van der Waals surface area contributed by atoms with Crippen molar-refractivity contribution in [2.45, 2.75) is 11.4 Å². The van der Waals surface area contributed by atoms with Crippen LogP contribution in [0.5, 0.6) is 17.2 Å². The van der Waals surface area contributed by atoms with Crippen LogP contribution >= 0.6 is 35.0 Å². The highest BCUT2D eigenvalue weighted by atomic mass is 35.5. The van der Waals surface area contributed by atoms with E-state index in [2.05, 4.69) is 5.32 Å². The minimum atomic E-state index is -0.850. The van der Waals surface area contributed by atoms with Crippen molar-refractivity contribution in [3.8, 4) is 17.2 Å². The van der Waals surface area contributed by atoms with Crippen molar-refractivity contribution in [2.75, 3.05) is 26.1 Å². The van der Waals surface area contributed by atoms with Gasteiger partial charge in [-0.1, -0.05) is 29.3 Å². The van der Waals surface area contributed by atoms with E-state index in [1.807, 2.05) is 12.1 Å². The number of thioether (sulfide) groups is 1. The van der Waals surface area contributed by atoms with Crippen LogP contribution in [-0.2, 0) is 4.79 Å². The van der Waals surface area contributed by atoms with Gasteiger partial charge in [0, 0.05) is 16.8 Å². The highest BCUT2D eigenvalue weighted by Gasteiger charge is 2.30. The zero-order valence-electron chi connectivity index (χ0n) is 15.0. The van der Waals surface area contributed by atoms with Crippen LogP contribution in [0.25, 0.3) is 0 Å². The number of aliphatic carboxylic acids is 1. The van der Waals surface area contributed by atoms with Crippen molar-refractivity contribution in [2.24, 2.45) is 0 Å². The van der Waals surface area contributed by atoms with Crippen molar-refractivity contribution in [3.05, 3.63) is 52.0 Å². The van der Waals surface area contributed by atoms with E-state index in [1.165, 1.54) is 0 Å². The van der Waals surface area contributed by atoms with Gasteiger partial charge in [0.2, 0.25) is 0 Å². The summed E-state index contributed by atoms with van der Waals surface area (Å²) in [7, 11) is 1.56. The van der Waals surface area contributed by atoms with Gasteiger partial charge in [-0.3, -0.25) is 10.1 Å². The van der Waals surface area contributed by atoms with Gasteiger partial charge in [0.05, 0.1) is 17.5 Å². The van der Waals surface area contributed by atoms with Gasteiger partial charge >= 0.3 is 5.97 Å². The number of nitrogens with one attached hydrogen (secondary N) is 1. The molecule has 3 rings (SSSR count). The van der Waals surface area contributed by atoms with Crippen molar-refractivity contribution in [3.63, 3.8) is 0 Å². The van der Waals surface area contributed by atoms with Crippen molar-refractivity contribution < 1.29 is 24.1 Å². The van der Waals surface area contributed by atoms with Gasteiger partial charge < -0.3 is 19.3 Å². The molecule has 6 nitrogen and oxygen atoms in total. The van der Waals surface area contributed by atoms with Crippen LogP contribution in [-0.4, -0.2) is 43.2 Å². The zero-order valence-corrected chi connectivity index (χ0v) is 17.3. The van der Waals surface area contributed by atoms with Gasteiger partial charge in [0.25, 0.3) is 0 Å². The predicted molar refractivity (Wildman–Crippen MR) is 110 cm³/mol. The molecule has 1 saturated heterocycles. The second kappa shape index (κ2) is 9.60. The summed E-state index contributed by atoms with van der Waals surface area (Å²) in [6.07, 6.45) is 0. The third kappa shape index (κ3) is 5.17. The average molecular weight is 444 g/mol. The Hall–Kier alpha value is -1.80. The number of ether oxygens (including phenoxy) is 3. The maximum atomic E-state index is 11.1. The average Bonchev–Trinajstić information content (AvgIpc) is 3.18. The molecule has 2 N–H and O–H groups in total. The van der Waals surface area contributed by atoms with E-state index >= 15 is 0 Å². The molecule has 28 heavy (non-hydrogen) atoms. The molecule has 0 radical (unpaired) electrons. The molecule has 150 valence electrons. The summed E-state index contributed by atoms with van der Waals surface area (Å²) in [6, 6.07) is 9.99. The first-order valence-corrected chi connectivity index (χ1v) is 10.3. The molecule has 2 aromatic carbocycles. The molecule has 9 heteroatoms. The molecular weight excluding hydrogens is 425 g/mol. The summed E-state index contributed by atoms with van der Waals surface area (Å²) in [5.41, 5.74) is 0.920. The van der Waals surface area contributed by atoms with Gasteiger partial charge in [-0.15, -0.1) is 11.8 Å². The first-order chi connectivity index (χ1) is 13.5. The van der Waals surface area contributed by atoms with E-state index in [0.29, 0.717) is 33.0 Å². The highest BCUT2D eigenvalue weighted by Crippen LogP contribution is 2.37. The molecule has 2 atom stereocenters. The number of carbonyl (C=O) groups is 1. The Kier molecular flexibility index (Phi) is 7.18. The van der Waals surface area contributed by atoms with E-state index in [1.54, 1.807) is 43.1 Å². The van der Waals surface area contributed by atoms with Gasteiger partial charge in [-0.05, 0) is 29.8 Å². The molecule has 0 aliphatic carbocycles. The number of halogens is 2. The summed E-state index contributed by atoms with van der Waals surface area (Å²) in [4.78, 5) is 11.1. The number of carboxylic acids is 1. The number of hydrogen-bond acceptors (Lipinski definition) is 6. The van der Waals surface area contributed by atoms with E-state index < -0.39 is 12.0 Å². The lowest BCUT2D eigenvalue weighted by atomic mass is 10.2. The molecule has 0 amide bonds. The highest BCUT2D eigenvalue weighted by molar-refractivity contribution is 7.99. The molecule has 0 saturated carbocycles. The van der Waals surface area contributed by atoms with Crippen LogP contribution in [0.2, 0.25) is 10.0 Å². The van der Waals surface area contributed by atoms with Gasteiger partial charge in [-0.25, -0.2) is 0 Å². The maximum absolute atomic E-state index is 11.1. The quantitative estimate of drug-likeness (QED) is 0.590. The largest absolute Gasteiger partial charge is 0.493 e. The third-order valence-corrected chi connectivity index (χ3v) is 5.88. The van der Waals surface area contributed by atoms with Crippen LogP contribution in [0.1, 0.15) is 10.9 Å². The fourth-order valence-corrected chi connectivity index (χ4v) is 4.22. The van der Waals surface area contributed by atoms with Crippen LogP contribution in [0.4, 0.5) is 0 Å². The lowest BCUT2D eigenvalue weighted by molar-refractivity contribution is -0.138. The van der Waals surface area contributed by atoms with E-state index in [-0.39, 0.29) is 18.6 Å². The Morgan fingerprint density at radius 1 is 1.14 bits per heavy atom. The summed E-state index contributed by atoms with van der Waals surface area (Å²) in [6.45, 7) is 0.538. The zero-order chi connectivity index (χ0) is 20.1. The van der Waals surface area contributed by atoms with Gasteiger partial charge in [0.15, 0.2) is 11.5 Å². The monoisotopic (exact) mass is 443 g/mol. The van der Waals surface area contributed by atoms with Crippen LogP contribution in [0, 0.1) is 0 Å². The Labute approximate surface area is 177 Å². The molecule has 1 aliphatic rings. The minimum Gasteiger partial charge on any atom is -0.493 e. The first kappa shape index (κ1) is 20.9. The fourth-order valence-electron chi connectivity index (χ4n) is 2.67. The lowest BCUT2D eigenvalue weighted by Gasteiger charge is -2.16. The summed E-state index contributed by atoms with van der Waals surface area (Å²) >= 11 is 13.6. The summed E-state index contributed by atoms with van der Waals surface area (Å²) in [5.74, 6) is 1.29. The maximum Gasteiger partial charge on any atom is 0.321 e. The fraction of sp³-hybridized carbons (Fsp3) is 0.316. The third-order valence-electron chi connectivity index (χ3n) is 4.06. The Morgan fingerprint density at radius 3 is 2.57 bits per heavy atom. The van der Waals surface area contributed by atoms with Crippen molar-refractivity contribution >= 4 is 40.9 Å². The van der Waals surface area contributed by atoms with E-state index in [9.17, 15) is 4.79 Å². The first-order valence-electron chi connectivity index (χ1n) is 8.47. The number of benzene rings is 2. The van der Waals surface area contributed by atoms with E-state index in [0.717, 1.165) is 5.56 Å². The van der Waals surface area contributed by atoms with Crippen LogP contribution in [0.15, 0.2) is 36.4 Å². The van der Waals surface area contributed by atoms with Gasteiger partial charge in [-0.2, -0.15) is 0 Å². The molecule has 1 aliphatic heterocycles. The molecule has 0 aromatic heterocycles. The topological polar surface area (TPSA) is 77.0 Å². The standard InChI is InChI=1S/C19H19Cl2NO5S/c1-25-15-5-2-11(18-22-14(10-28-18)19(23)24)8-17(15)27-7-6-26-16-9-12(20)3-4-13(16)21/h2-5,8-9,14,18,22H,6-7,10H2,1H3,(H,23,24). The van der Waals surface area contributed by atoms with Crippen molar-refractivity contribution in [1.82, 2.24) is 5.32 Å². The molecule has 0 spiro atoms. The lowest BCUT2D eigenvalue weighted by Crippen LogP contribution is -2.33. The molecule has 2 unspecified atom stereocenters. The summed E-state index contributed by atoms with van der Waals surface area (Å²) in [5, 5.41) is 13.1. The van der Waals surface area contributed by atoms with Crippen LogP contribution < -0.4 is 19.5 Å². The minimum absolute atomic E-state index is 0.115. The normalized spacial score (nSPS) is 18.7. The molecule has 2 aromatic rings. The molecule has 1 fully saturated rings. The van der Waals surface area contributed by atoms with Gasteiger partial charge in [0.1, 0.15) is 25.0 Å². The SMILES string of the molecule is COc1ccc(C2NC(C(=O)O)CS2)cc1OCCOc1cc(Cl)ccc1Cl. The van der Waals surface area contributed by atoms with Crippen LogP contribution in [0.3, 0.4) is 0 Å². The molecule has 1 heterocycles. The Balaban J connectivity index is 1.61. The number of rotatable bonds is 8.